The highest BCUT2D eigenvalue weighted by Gasteiger charge is 2.30. The number of likely N-dealkylation sites (N-methyl/N-ethyl adjacent to an activating group) is 1. The summed E-state index contributed by atoms with van der Waals surface area (Å²) >= 11 is 0. The zero-order valence-corrected chi connectivity index (χ0v) is 13.9. The minimum Gasteiger partial charge on any atom is -0.375 e. The molecule has 6 nitrogen and oxygen atoms in total. The van der Waals surface area contributed by atoms with E-state index in [-0.39, 0.29) is 17.9 Å². The minimum absolute atomic E-state index is 0.103. The van der Waals surface area contributed by atoms with Gasteiger partial charge in [-0.2, -0.15) is 0 Å². The summed E-state index contributed by atoms with van der Waals surface area (Å²) in [5.74, 6) is -0.264. The first-order valence-electron chi connectivity index (χ1n) is 8.02. The second-order valence-electron chi connectivity index (χ2n) is 6.10. The van der Waals surface area contributed by atoms with E-state index in [0.717, 1.165) is 18.7 Å². The molecule has 0 aromatic heterocycles. The number of primary amides is 1. The number of rotatable bonds is 6. The predicted octanol–water partition coefficient (Wildman–Crippen LogP) is 0.531. The Balaban J connectivity index is 1.77. The third-order valence-corrected chi connectivity index (χ3v) is 4.41. The molecule has 23 heavy (non-hydrogen) atoms. The fourth-order valence-electron chi connectivity index (χ4n) is 2.84. The van der Waals surface area contributed by atoms with E-state index in [2.05, 4.69) is 17.0 Å². The topological polar surface area (TPSA) is 69.9 Å². The number of benzene rings is 1. The number of carbonyl (C=O) groups excluding carboxylic acids is 2. The van der Waals surface area contributed by atoms with Crippen molar-refractivity contribution in [3.8, 4) is 0 Å². The van der Waals surface area contributed by atoms with Crippen molar-refractivity contribution in [2.24, 2.45) is 5.73 Å². The summed E-state index contributed by atoms with van der Waals surface area (Å²) in [6.45, 7) is 2.57. The molecule has 1 heterocycles. The number of hydrogen-bond acceptors (Lipinski definition) is 4. The summed E-state index contributed by atoms with van der Waals surface area (Å²) < 4.78 is 0. The lowest BCUT2D eigenvalue weighted by atomic mass is 10.1. The van der Waals surface area contributed by atoms with Crippen LogP contribution in [0.25, 0.3) is 0 Å². The number of carbonyl (C=O) groups is 2. The number of nitrogens with zero attached hydrogens (tertiary/aromatic N) is 3. The van der Waals surface area contributed by atoms with Gasteiger partial charge in [0.05, 0.1) is 0 Å². The zero-order valence-electron chi connectivity index (χ0n) is 13.9. The molecule has 1 aliphatic rings. The van der Waals surface area contributed by atoms with Crippen molar-refractivity contribution in [3.05, 3.63) is 30.3 Å². The van der Waals surface area contributed by atoms with Gasteiger partial charge in [-0.25, -0.2) is 0 Å². The van der Waals surface area contributed by atoms with Crippen molar-refractivity contribution in [1.29, 1.82) is 0 Å². The van der Waals surface area contributed by atoms with E-state index in [0.29, 0.717) is 26.1 Å². The molecule has 1 aromatic rings. The van der Waals surface area contributed by atoms with E-state index in [9.17, 15) is 9.59 Å². The highest BCUT2D eigenvalue weighted by atomic mass is 16.2. The Morgan fingerprint density at radius 1 is 1.26 bits per heavy atom. The molecular formula is C17H26N4O2. The summed E-state index contributed by atoms with van der Waals surface area (Å²) in [4.78, 5) is 29.6. The Morgan fingerprint density at radius 2 is 1.96 bits per heavy atom. The van der Waals surface area contributed by atoms with E-state index in [4.69, 9.17) is 5.73 Å². The summed E-state index contributed by atoms with van der Waals surface area (Å²) in [5.41, 5.74) is 6.55. The van der Waals surface area contributed by atoms with E-state index >= 15 is 0 Å². The molecule has 2 rings (SSSR count). The molecule has 0 radical (unpaired) electrons. The molecule has 1 aromatic carbocycles. The minimum atomic E-state index is -0.375. The number of amides is 2. The van der Waals surface area contributed by atoms with Gasteiger partial charge in [-0.15, -0.1) is 0 Å². The van der Waals surface area contributed by atoms with Crippen LogP contribution in [0, 0.1) is 0 Å². The summed E-state index contributed by atoms with van der Waals surface area (Å²) in [7, 11) is 3.89. The molecule has 0 saturated carbocycles. The van der Waals surface area contributed by atoms with Gasteiger partial charge >= 0.3 is 0 Å². The molecule has 1 saturated heterocycles. The third-order valence-electron chi connectivity index (χ3n) is 4.41. The Morgan fingerprint density at radius 3 is 2.61 bits per heavy atom. The molecule has 6 heteroatoms. The van der Waals surface area contributed by atoms with Gasteiger partial charge < -0.3 is 15.5 Å². The highest BCUT2D eigenvalue weighted by Crippen LogP contribution is 2.13. The highest BCUT2D eigenvalue weighted by molar-refractivity contribution is 5.82. The van der Waals surface area contributed by atoms with Gasteiger partial charge in [-0.05, 0) is 25.6 Å². The van der Waals surface area contributed by atoms with E-state index in [1.54, 1.807) is 4.90 Å². The number of para-hydroxylation sites is 1. The standard InChI is InChI=1S/C17H26N4O2/c1-19(14-7-4-3-5-8-14)10-6-9-16(22)21-12-11-20(2)15(13-21)17(18)23/h3-5,7-8,15H,6,9-13H2,1-2H3,(H2,18,23)/t15-/m0/s1. The largest absolute Gasteiger partial charge is 0.375 e. The monoisotopic (exact) mass is 318 g/mol. The fraction of sp³-hybridized carbons (Fsp3) is 0.529. The van der Waals surface area contributed by atoms with Crippen molar-refractivity contribution < 1.29 is 9.59 Å². The van der Waals surface area contributed by atoms with Crippen LogP contribution < -0.4 is 10.6 Å². The lowest BCUT2D eigenvalue weighted by Crippen LogP contribution is -2.57. The maximum Gasteiger partial charge on any atom is 0.236 e. The molecular weight excluding hydrogens is 292 g/mol. The predicted molar refractivity (Wildman–Crippen MR) is 91.1 cm³/mol. The normalized spacial score (nSPS) is 18.7. The maximum absolute atomic E-state index is 12.3. The van der Waals surface area contributed by atoms with Crippen LogP contribution in [0.15, 0.2) is 30.3 Å². The Labute approximate surface area is 137 Å². The van der Waals surface area contributed by atoms with Crippen LogP contribution in [-0.4, -0.2) is 67.9 Å². The first-order valence-corrected chi connectivity index (χ1v) is 8.02. The van der Waals surface area contributed by atoms with Crippen molar-refractivity contribution in [2.75, 3.05) is 45.2 Å². The Hall–Kier alpha value is -2.08. The first-order chi connectivity index (χ1) is 11.0. The van der Waals surface area contributed by atoms with E-state index in [1.807, 2.05) is 37.2 Å². The lowest BCUT2D eigenvalue weighted by Gasteiger charge is -2.37. The van der Waals surface area contributed by atoms with Crippen LogP contribution in [0.3, 0.4) is 0 Å². The molecule has 1 atom stereocenters. The molecule has 126 valence electrons. The smallest absolute Gasteiger partial charge is 0.236 e. The Bertz CT molecular complexity index is 535. The van der Waals surface area contributed by atoms with Gasteiger partial charge in [-0.3, -0.25) is 14.5 Å². The first kappa shape index (κ1) is 17.3. The van der Waals surface area contributed by atoms with Gasteiger partial charge in [0.15, 0.2) is 0 Å². The molecule has 1 fully saturated rings. The molecule has 2 amide bonds. The summed E-state index contributed by atoms with van der Waals surface area (Å²) in [6, 6.07) is 9.74. The second kappa shape index (κ2) is 7.97. The number of piperazine rings is 1. The zero-order chi connectivity index (χ0) is 16.8. The molecule has 0 aliphatic carbocycles. The van der Waals surface area contributed by atoms with Gasteiger partial charge in [0.1, 0.15) is 6.04 Å². The third kappa shape index (κ3) is 4.69. The Kier molecular flexibility index (Phi) is 5.98. The van der Waals surface area contributed by atoms with Crippen molar-refractivity contribution in [1.82, 2.24) is 9.80 Å². The summed E-state index contributed by atoms with van der Waals surface area (Å²) in [6.07, 6.45) is 1.28. The lowest BCUT2D eigenvalue weighted by molar-refractivity contribution is -0.136. The quantitative estimate of drug-likeness (QED) is 0.831. The molecule has 1 aliphatic heterocycles. The van der Waals surface area contributed by atoms with Gasteiger partial charge in [-0.1, -0.05) is 18.2 Å². The van der Waals surface area contributed by atoms with Crippen molar-refractivity contribution in [2.45, 2.75) is 18.9 Å². The second-order valence-corrected chi connectivity index (χ2v) is 6.10. The average Bonchev–Trinajstić information content (AvgIpc) is 2.55. The number of nitrogens with two attached hydrogens (primary N) is 1. The van der Waals surface area contributed by atoms with E-state index < -0.39 is 0 Å². The van der Waals surface area contributed by atoms with Gasteiger partial charge in [0.25, 0.3) is 0 Å². The molecule has 2 N–H and O–H groups in total. The van der Waals surface area contributed by atoms with Crippen LogP contribution in [0.4, 0.5) is 5.69 Å². The summed E-state index contributed by atoms with van der Waals surface area (Å²) in [5, 5.41) is 0. The van der Waals surface area contributed by atoms with Crippen LogP contribution in [0.1, 0.15) is 12.8 Å². The van der Waals surface area contributed by atoms with Crippen LogP contribution >= 0.6 is 0 Å². The van der Waals surface area contributed by atoms with Gasteiger partial charge in [0.2, 0.25) is 11.8 Å². The maximum atomic E-state index is 12.3. The SMILES string of the molecule is CN(CCCC(=O)N1CCN(C)[C@H](C(N)=O)C1)c1ccccc1. The molecule has 0 spiro atoms. The van der Waals surface area contributed by atoms with Crippen molar-refractivity contribution in [3.63, 3.8) is 0 Å². The molecule has 0 unspecified atom stereocenters. The van der Waals surface area contributed by atoms with Crippen molar-refractivity contribution >= 4 is 17.5 Å². The number of anilines is 1. The van der Waals surface area contributed by atoms with Crippen LogP contribution in [-0.2, 0) is 9.59 Å². The number of hydrogen-bond donors (Lipinski definition) is 1. The van der Waals surface area contributed by atoms with E-state index in [1.165, 1.54) is 0 Å². The molecule has 0 bridgehead atoms. The van der Waals surface area contributed by atoms with Gasteiger partial charge in [0, 0.05) is 45.3 Å². The fourth-order valence-corrected chi connectivity index (χ4v) is 2.84. The van der Waals surface area contributed by atoms with Crippen LogP contribution in [0.5, 0.6) is 0 Å². The van der Waals surface area contributed by atoms with Crippen LogP contribution in [0.2, 0.25) is 0 Å². The average molecular weight is 318 g/mol.